The third kappa shape index (κ3) is 1.87. The molecule has 0 saturated heterocycles. The molecule has 92 valence electrons. The Morgan fingerprint density at radius 1 is 1.39 bits per heavy atom. The van der Waals surface area contributed by atoms with Crippen molar-refractivity contribution in [3.63, 3.8) is 0 Å². The van der Waals surface area contributed by atoms with Crippen molar-refractivity contribution in [3.05, 3.63) is 47.7 Å². The first-order chi connectivity index (χ1) is 8.78. The highest BCUT2D eigenvalue weighted by Gasteiger charge is 2.22. The Labute approximate surface area is 107 Å². The molecular weight excluding hydrogens is 224 g/mol. The van der Waals surface area contributed by atoms with Gasteiger partial charge in [0, 0.05) is 24.7 Å². The predicted molar refractivity (Wildman–Crippen MR) is 71.6 cm³/mol. The molecule has 0 fully saturated rings. The lowest BCUT2D eigenvalue weighted by Gasteiger charge is -2.07. The van der Waals surface area contributed by atoms with Gasteiger partial charge in [0.15, 0.2) is 0 Å². The summed E-state index contributed by atoms with van der Waals surface area (Å²) in [7, 11) is 0. The molecule has 0 radical (unpaired) electrons. The number of aromatic nitrogens is 1. The molecule has 1 aliphatic rings. The summed E-state index contributed by atoms with van der Waals surface area (Å²) in [5.74, 6) is 0.961. The highest BCUT2D eigenvalue weighted by molar-refractivity contribution is 5.65. The number of aryl methyl sites for hydroxylation is 1. The van der Waals surface area contributed by atoms with Gasteiger partial charge in [0.25, 0.3) is 0 Å². The third-order valence-electron chi connectivity index (χ3n) is 3.35. The molecule has 1 aromatic carbocycles. The van der Waals surface area contributed by atoms with E-state index in [1.54, 1.807) is 0 Å². The van der Waals surface area contributed by atoms with E-state index in [0.717, 1.165) is 23.4 Å². The molecule has 3 rings (SSSR count). The van der Waals surface area contributed by atoms with E-state index in [4.69, 9.17) is 10.5 Å². The van der Waals surface area contributed by atoms with E-state index in [9.17, 15) is 0 Å². The quantitative estimate of drug-likeness (QED) is 0.876. The molecule has 2 heterocycles. The number of nitrogens with two attached hydrogens (primary N) is 1. The van der Waals surface area contributed by atoms with Crippen LogP contribution in [0.4, 0.5) is 0 Å². The van der Waals surface area contributed by atoms with Crippen LogP contribution in [0, 0.1) is 6.92 Å². The Hall–Kier alpha value is -1.87. The number of rotatable bonds is 2. The van der Waals surface area contributed by atoms with Gasteiger partial charge in [0.1, 0.15) is 11.9 Å². The van der Waals surface area contributed by atoms with Crippen molar-refractivity contribution in [1.29, 1.82) is 0 Å². The summed E-state index contributed by atoms with van der Waals surface area (Å²) in [6, 6.07) is 10.3. The summed E-state index contributed by atoms with van der Waals surface area (Å²) in [6.45, 7) is 2.64. The van der Waals surface area contributed by atoms with E-state index >= 15 is 0 Å². The first kappa shape index (κ1) is 11.2. The summed E-state index contributed by atoms with van der Waals surface area (Å²) < 4.78 is 5.73. The van der Waals surface area contributed by atoms with Crippen molar-refractivity contribution in [3.8, 4) is 17.0 Å². The average molecular weight is 240 g/mol. The fraction of sp³-hybridized carbons (Fsp3) is 0.267. The Balaban J connectivity index is 2.00. The topological polar surface area (TPSA) is 48.1 Å². The minimum Gasteiger partial charge on any atom is -0.488 e. The van der Waals surface area contributed by atoms with Gasteiger partial charge in [-0.2, -0.15) is 0 Å². The van der Waals surface area contributed by atoms with Gasteiger partial charge in [-0.15, -0.1) is 0 Å². The molecule has 0 aliphatic carbocycles. The number of hydrogen-bond acceptors (Lipinski definition) is 3. The molecular formula is C15H16N2O. The van der Waals surface area contributed by atoms with Crippen molar-refractivity contribution in [2.24, 2.45) is 5.73 Å². The molecule has 0 saturated carbocycles. The van der Waals surface area contributed by atoms with E-state index in [0.29, 0.717) is 6.54 Å². The first-order valence-electron chi connectivity index (χ1n) is 6.19. The summed E-state index contributed by atoms with van der Waals surface area (Å²) >= 11 is 0. The predicted octanol–water partition coefficient (Wildman–Crippen LogP) is 2.32. The maximum Gasteiger partial charge on any atom is 0.123 e. The first-order valence-corrected chi connectivity index (χ1v) is 6.19. The molecule has 3 heteroatoms. The zero-order valence-corrected chi connectivity index (χ0v) is 10.4. The van der Waals surface area contributed by atoms with Gasteiger partial charge in [0.2, 0.25) is 0 Å². The standard InChI is InChI=1S/C15H16N2O/c1-10-3-2-6-17-15(10)11-4-5-14-12(7-11)8-13(9-16)18-14/h2-7,13H,8-9,16H2,1H3. The number of ether oxygens (including phenoxy) is 1. The molecule has 0 bridgehead atoms. The van der Waals surface area contributed by atoms with E-state index < -0.39 is 0 Å². The molecule has 1 aliphatic heterocycles. The largest absolute Gasteiger partial charge is 0.488 e. The molecule has 3 nitrogen and oxygen atoms in total. The third-order valence-corrected chi connectivity index (χ3v) is 3.35. The van der Waals surface area contributed by atoms with Gasteiger partial charge in [-0.05, 0) is 42.3 Å². The van der Waals surface area contributed by atoms with Crippen molar-refractivity contribution in [2.45, 2.75) is 19.4 Å². The van der Waals surface area contributed by atoms with Crippen molar-refractivity contribution in [2.75, 3.05) is 6.54 Å². The summed E-state index contributed by atoms with van der Waals surface area (Å²) in [4.78, 5) is 4.45. The molecule has 1 atom stereocenters. The summed E-state index contributed by atoms with van der Waals surface area (Å²) in [6.07, 6.45) is 2.85. The Morgan fingerprint density at radius 2 is 2.28 bits per heavy atom. The van der Waals surface area contributed by atoms with E-state index in [-0.39, 0.29) is 6.10 Å². The lowest BCUT2D eigenvalue weighted by molar-refractivity contribution is 0.241. The van der Waals surface area contributed by atoms with Crippen LogP contribution in [-0.4, -0.2) is 17.6 Å². The van der Waals surface area contributed by atoms with Crippen molar-refractivity contribution < 1.29 is 4.74 Å². The lowest BCUT2D eigenvalue weighted by atomic mass is 10.0. The number of pyridine rings is 1. The minimum atomic E-state index is 0.125. The minimum absolute atomic E-state index is 0.125. The van der Waals surface area contributed by atoms with Gasteiger partial charge < -0.3 is 10.5 Å². The van der Waals surface area contributed by atoms with Crippen LogP contribution in [0.5, 0.6) is 5.75 Å². The van der Waals surface area contributed by atoms with E-state index in [1.807, 2.05) is 18.3 Å². The van der Waals surface area contributed by atoms with Gasteiger partial charge in [-0.1, -0.05) is 6.07 Å². The second-order valence-electron chi connectivity index (χ2n) is 4.67. The van der Waals surface area contributed by atoms with Gasteiger partial charge in [0.05, 0.1) is 5.69 Å². The van der Waals surface area contributed by atoms with Crippen LogP contribution in [0.1, 0.15) is 11.1 Å². The smallest absolute Gasteiger partial charge is 0.123 e. The second-order valence-corrected chi connectivity index (χ2v) is 4.67. The molecule has 1 aromatic heterocycles. The molecule has 18 heavy (non-hydrogen) atoms. The fourth-order valence-corrected chi connectivity index (χ4v) is 2.39. The summed E-state index contributed by atoms with van der Waals surface area (Å²) in [5, 5.41) is 0. The molecule has 1 unspecified atom stereocenters. The highest BCUT2D eigenvalue weighted by atomic mass is 16.5. The van der Waals surface area contributed by atoms with Crippen molar-refractivity contribution >= 4 is 0 Å². The van der Waals surface area contributed by atoms with Gasteiger partial charge in [-0.3, -0.25) is 4.98 Å². The number of fused-ring (bicyclic) bond motifs is 1. The lowest BCUT2D eigenvalue weighted by Crippen LogP contribution is -2.24. The van der Waals surface area contributed by atoms with Crippen LogP contribution in [0.2, 0.25) is 0 Å². The number of benzene rings is 1. The van der Waals surface area contributed by atoms with Gasteiger partial charge >= 0.3 is 0 Å². The van der Waals surface area contributed by atoms with Crippen LogP contribution in [0.15, 0.2) is 36.5 Å². The summed E-state index contributed by atoms with van der Waals surface area (Å²) in [5.41, 5.74) is 10.3. The van der Waals surface area contributed by atoms with Crippen LogP contribution in [0.3, 0.4) is 0 Å². The monoisotopic (exact) mass is 240 g/mol. The maximum absolute atomic E-state index is 5.73. The Morgan fingerprint density at radius 3 is 3.06 bits per heavy atom. The fourth-order valence-electron chi connectivity index (χ4n) is 2.39. The Bertz CT molecular complexity index is 580. The molecule has 2 aromatic rings. The zero-order valence-electron chi connectivity index (χ0n) is 10.4. The average Bonchev–Trinajstić information content (AvgIpc) is 2.81. The molecule has 0 spiro atoms. The number of hydrogen-bond donors (Lipinski definition) is 1. The molecule has 2 N–H and O–H groups in total. The molecule has 0 amide bonds. The van der Waals surface area contributed by atoms with E-state index in [1.165, 1.54) is 11.1 Å². The van der Waals surface area contributed by atoms with Crippen LogP contribution in [-0.2, 0) is 6.42 Å². The van der Waals surface area contributed by atoms with Crippen LogP contribution >= 0.6 is 0 Å². The number of nitrogens with zero attached hydrogens (tertiary/aromatic N) is 1. The Kier molecular flexibility index (Phi) is 2.76. The van der Waals surface area contributed by atoms with Crippen molar-refractivity contribution in [1.82, 2.24) is 4.98 Å². The second kappa shape index (κ2) is 4.42. The highest BCUT2D eigenvalue weighted by Crippen LogP contribution is 2.32. The van der Waals surface area contributed by atoms with E-state index in [2.05, 4.69) is 30.1 Å². The normalized spacial score (nSPS) is 17.3. The van der Waals surface area contributed by atoms with Gasteiger partial charge in [-0.25, -0.2) is 0 Å². The SMILES string of the molecule is Cc1cccnc1-c1ccc2c(c1)CC(CN)O2. The maximum atomic E-state index is 5.73. The van der Waals surface area contributed by atoms with Crippen LogP contribution < -0.4 is 10.5 Å². The zero-order chi connectivity index (χ0) is 12.5. The van der Waals surface area contributed by atoms with Crippen LogP contribution in [0.25, 0.3) is 11.3 Å².